The smallest absolute Gasteiger partial charge is 0.258 e. The zero-order valence-corrected chi connectivity index (χ0v) is 17.1. The molecule has 0 spiro atoms. The van der Waals surface area contributed by atoms with Crippen LogP contribution in [0.1, 0.15) is 23.6 Å². The molecule has 6 nitrogen and oxygen atoms in total. The van der Waals surface area contributed by atoms with Crippen molar-refractivity contribution in [1.29, 1.82) is 0 Å². The molecule has 0 unspecified atom stereocenters. The predicted octanol–water partition coefficient (Wildman–Crippen LogP) is 4.09. The van der Waals surface area contributed by atoms with Gasteiger partial charge in [-0.05, 0) is 61.5 Å². The van der Waals surface area contributed by atoms with Crippen LogP contribution in [0.25, 0.3) is 5.57 Å². The van der Waals surface area contributed by atoms with Crippen LogP contribution in [0.15, 0.2) is 72.7 Å². The van der Waals surface area contributed by atoms with E-state index in [1.165, 1.54) is 11.1 Å². The predicted molar refractivity (Wildman–Crippen MR) is 122 cm³/mol. The Kier molecular flexibility index (Phi) is 5.50. The van der Waals surface area contributed by atoms with Crippen molar-refractivity contribution >= 4 is 28.5 Å². The normalized spacial score (nSPS) is 14.4. The number of hydrogen-bond acceptors (Lipinski definition) is 5. The number of pyridine rings is 1. The molecule has 3 aromatic rings. The number of hydrogen-bond donors (Lipinski definition) is 3. The first kappa shape index (κ1) is 19.7. The summed E-state index contributed by atoms with van der Waals surface area (Å²) in [4.78, 5) is 18.9. The van der Waals surface area contributed by atoms with Crippen molar-refractivity contribution in [3.63, 3.8) is 0 Å². The minimum absolute atomic E-state index is 0.116. The number of nitrogens with one attached hydrogen (secondary N) is 2. The standard InChI is InChI=1S/C24H25N5O/c1-16(23-21-12-19(25)7-10-22(21)28-24(23)30)27-20-8-5-17(6-9-20)14-29(2)15-18-4-3-11-26-13-18/h3-13,27H,14-15,25H2,1-2H3,(H,28,30)/b23-16-. The van der Waals surface area contributed by atoms with Crippen LogP contribution < -0.4 is 16.4 Å². The van der Waals surface area contributed by atoms with Crippen molar-refractivity contribution in [2.75, 3.05) is 23.4 Å². The number of nitrogens with zero attached hydrogens (tertiary/aromatic N) is 2. The number of anilines is 3. The van der Waals surface area contributed by atoms with E-state index in [4.69, 9.17) is 5.73 Å². The number of rotatable bonds is 6. The number of benzene rings is 2. The maximum absolute atomic E-state index is 12.4. The average molecular weight is 399 g/mol. The quantitative estimate of drug-likeness (QED) is 0.430. The third-order valence-electron chi connectivity index (χ3n) is 5.08. The fraction of sp³-hybridized carbons (Fsp3) is 0.167. The first-order valence-electron chi connectivity index (χ1n) is 9.85. The summed E-state index contributed by atoms with van der Waals surface area (Å²) in [6, 6.07) is 17.7. The highest BCUT2D eigenvalue weighted by atomic mass is 16.2. The molecule has 2 aromatic carbocycles. The van der Waals surface area contributed by atoms with Gasteiger partial charge in [-0.15, -0.1) is 0 Å². The summed E-state index contributed by atoms with van der Waals surface area (Å²) in [7, 11) is 2.09. The van der Waals surface area contributed by atoms with Crippen LogP contribution in [-0.2, 0) is 17.9 Å². The number of nitrogen functional groups attached to an aromatic ring is 1. The number of nitrogens with two attached hydrogens (primary N) is 1. The van der Waals surface area contributed by atoms with Crippen molar-refractivity contribution in [3.8, 4) is 0 Å². The van der Waals surface area contributed by atoms with Crippen LogP contribution in [0.4, 0.5) is 17.1 Å². The van der Waals surface area contributed by atoms with Crippen molar-refractivity contribution < 1.29 is 4.79 Å². The zero-order chi connectivity index (χ0) is 21.1. The lowest BCUT2D eigenvalue weighted by molar-refractivity contribution is -0.110. The number of amides is 1. The molecule has 1 aliphatic heterocycles. The van der Waals surface area contributed by atoms with Crippen LogP contribution in [0, 0.1) is 0 Å². The number of aromatic nitrogens is 1. The third-order valence-corrected chi connectivity index (χ3v) is 5.08. The second kappa shape index (κ2) is 8.39. The average Bonchev–Trinajstić information content (AvgIpc) is 3.05. The van der Waals surface area contributed by atoms with Crippen LogP contribution in [0.3, 0.4) is 0 Å². The molecule has 4 N–H and O–H groups in total. The van der Waals surface area contributed by atoms with Gasteiger partial charge < -0.3 is 16.4 Å². The van der Waals surface area contributed by atoms with E-state index in [0.717, 1.165) is 35.7 Å². The van der Waals surface area contributed by atoms with Gasteiger partial charge in [0, 0.05) is 53.8 Å². The summed E-state index contributed by atoms with van der Waals surface area (Å²) < 4.78 is 0. The van der Waals surface area contributed by atoms with Crippen molar-refractivity contribution in [1.82, 2.24) is 9.88 Å². The van der Waals surface area contributed by atoms with E-state index in [1.54, 1.807) is 12.3 Å². The van der Waals surface area contributed by atoms with E-state index < -0.39 is 0 Å². The molecule has 1 aliphatic rings. The summed E-state index contributed by atoms with van der Waals surface area (Å²) in [5, 5.41) is 6.24. The van der Waals surface area contributed by atoms with E-state index in [1.807, 2.05) is 43.5 Å². The molecule has 1 aromatic heterocycles. The fourth-order valence-electron chi connectivity index (χ4n) is 3.70. The highest BCUT2D eigenvalue weighted by molar-refractivity contribution is 6.32. The number of carbonyl (C=O) groups excluding carboxylic acids is 1. The van der Waals surface area contributed by atoms with Gasteiger partial charge in [-0.25, -0.2) is 0 Å². The molecule has 0 saturated heterocycles. The van der Waals surface area contributed by atoms with E-state index >= 15 is 0 Å². The van der Waals surface area contributed by atoms with E-state index in [2.05, 4.69) is 45.8 Å². The SMILES string of the molecule is C/C(Nc1ccc(CN(C)Cc2cccnc2)cc1)=C1/C(=O)Nc2ccc(N)cc21. The maximum atomic E-state index is 12.4. The van der Waals surface area contributed by atoms with Crippen molar-refractivity contribution in [2.45, 2.75) is 20.0 Å². The van der Waals surface area contributed by atoms with Gasteiger partial charge >= 0.3 is 0 Å². The second-order valence-corrected chi connectivity index (χ2v) is 7.61. The lowest BCUT2D eigenvalue weighted by atomic mass is 10.0. The van der Waals surface area contributed by atoms with E-state index in [-0.39, 0.29) is 5.91 Å². The topological polar surface area (TPSA) is 83.3 Å². The summed E-state index contributed by atoms with van der Waals surface area (Å²) in [5.41, 5.74) is 12.9. The third kappa shape index (κ3) is 4.34. The van der Waals surface area contributed by atoms with Gasteiger partial charge in [0.15, 0.2) is 0 Å². The fourth-order valence-corrected chi connectivity index (χ4v) is 3.70. The minimum Gasteiger partial charge on any atom is -0.399 e. The molecule has 4 rings (SSSR count). The summed E-state index contributed by atoms with van der Waals surface area (Å²) in [6.45, 7) is 3.59. The van der Waals surface area contributed by atoms with Gasteiger partial charge in [-0.1, -0.05) is 18.2 Å². The number of carbonyl (C=O) groups is 1. The van der Waals surface area contributed by atoms with Crippen molar-refractivity contribution in [2.24, 2.45) is 0 Å². The molecular weight excluding hydrogens is 374 g/mol. The first-order chi connectivity index (χ1) is 14.5. The zero-order valence-electron chi connectivity index (χ0n) is 17.1. The Morgan fingerprint density at radius 1 is 1.10 bits per heavy atom. The molecule has 0 saturated carbocycles. The Bertz CT molecular complexity index is 1090. The Morgan fingerprint density at radius 2 is 1.87 bits per heavy atom. The largest absolute Gasteiger partial charge is 0.399 e. The van der Waals surface area contributed by atoms with E-state index in [0.29, 0.717) is 11.3 Å². The molecule has 0 radical (unpaired) electrons. The lowest BCUT2D eigenvalue weighted by Gasteiger charge is -2.17. The van der Waals surface area contributed by atoms with Gasteiger partial charge in [0.2, 0.25) is 0 Å². The number of allylic oxidation sites excluding steroid dienone is 1. The van der Waals surface area contributed by atoms with Gasteiger partial charge in [0.1, 0.15) is 0 Å². The molecule has 30 heavy (non-hydrogen) atoms. The molecule has 6 heteroatoms. The Morgan fingerprint density at radius 3 is 2.60 bits per heavy atom. The molecule has 1 amide bonds. The molecule has 2 heterocycles. The maximum Gasteiger partial charge on any atom is 0.258 e. The molecular formula is C24H25N5O. The van der Waals surface area contributed by atoms with Crippen LogP contribution in [0.5, 0.6) is 0 Å². The molecule has 0 atom stereocenters. The lowest BCUT2D eigenvalue weighted by Crippen LogP contribution is -2.17. The highest BCUT2D eigenvalue weighted by Gasteiger charge is 2.26. The second-order valence-electron chi connectivity index (χ2n) is 7.61. The number of fused-ring (bicyclic) bond motifs is 1. The molecule has 152 valence electrons. The highest BCUT2D eigenvalue weighted by Crippen LogP contribution is 2.35. The first-order valence-corrected chi connectivity index (χ1v) is 9.85. The Labute approximate surface area is 176 Å². The van der Waals surface area contributed by atoms with Gasteiger partial charge in [-0.3, -0.25) is 14.7 Å². The molecule has 0 bridgehead atoms. The summed E-state index contributed by atoms with van der Waals surface area (Å²) in [6.07, 6.45) is 3.68. The monoisotopic (exact) mass is 399 g/mol. The Balaban J connectivity index is 1.44. The van der Waals surface area contributed by atoms with Crippen molar-refractivity contribution in [3.05, 3.63) is 89.4 Å². The van der Waals surface area contributed by atoms with Gasteiger partial charge in [-0.2, -0.15) is 0 Å². The van der Waals surface area contributed by atoms with Crippen LogP contribution in [-0.4, -0.2) is 22.8 Å². The Hall–Kier alpha value is -3.64. The molecule has 0 aliphatic carbocycles. The minimum atomic E-state index is -0.116. The van der Waals surface area contributed by atoms with Gasteiger partial charge in [0.05, 0.1) is 5.57 Å². The molecule has 0 fully saturated rings. The van der Waals surface area contributed by atoms with Crippen LogP contribution in [0.2, 0.25) is 0 Å². The van der Waals surface area contributed by atoms with Crippen LogP contribution >= 0.6 is 0 Å². The van der Waals surface area contributed by atoms with Gasteiger partial charge in [0.25, 0.3) is 5.91 Å². The summed E-state index contributed by atoms with van der Waals surface area (Å²) in [5.74, 6) is -0.116. The van der Waals surface area contributed by atoms with E-state index in [9.17, 15) is 4.79 Å². The summed E-state index contributed by atoms with van der Waals surface area (Å²) >= 11 is 0.